The van der Waals surface area contributed by atoms with Gasteiger partial charge in [-0.25, -0.2) is 9.97 Å². The first-order valence-corrected chi connectivity index (χ1v) is 5.20. The summed E-state index contributed by atoms with van der Waals surface area (Å²) < 4.78 is 0. The molecule has 1 heterocycles. The molecule has 0 bridgehead atoms. The fourth-order valence-corrected chi connectivity index (χ4v) is 1.46. The van der Waals surface area contributed by atoms with Gasteiger partial charge < -0.3 is 0 Å². The maximum atomic E-state index is 11.7. The molecule has 0 fully saturated rings. The molecule has 80 valence electrons. The number of nitrogens with zero attached hydrogens (tertiary/aromatic N) is 2. The van der Waals surface area contributed by atoms with Crippen molar-refractivity contribution in [3.8, 4) is 0 Å². The lowest BCUT2D eigenvalue weighted by Gasteiger charge is -1.99. The fourth-order valence-electron chi connectivity index (χ4n) is 1.46. The van der Waals surface area contributed by atoms with Crippen LogP contribution in [0.4, 0.5) is 0 Å². The molecule has 0 unspecified atom stereocenters. The highest BCUT2D eigenvalue weighted by molar-refractivity contribution is 5.92. The molecule has 0 saturated heterocycles. The SMILES string of the molecule is O=C(CCc1ccccc1)c1ncccn1. The van der Waals surface area contributed by atoms with E-state index in [0.29, 0.717) is 12.2 Å². The molecular formula is C13H12N2O. The highest BCUT2D eigenvalue weighted by Gasteiger charge is 2.07. The van der Waals surface area contributed by atoms with E-state index in [-0.39, 0.29) is 5.78 Å². The minimum atomic E-state index is -0.00977. The molecule has 2 rings (SSSR count). The van der Waals surface area contributed by atoms with E-state index in [4.69, 9.17) is 0 Å². The van der Waals surface area contributed by atoms with Gasteiger partial charge in [0.05, 0.1) is 0 Å². The van der Waals surface area contributed by atoms with E-state index in [1.54, 1.807) is 18.5 Å². The highest BCUT2D eigenvalue weighted by atomic mass is 16.1. The third kappa shape index (κ3) is 2.73. The molecule has 0 amide bonds. The molecule has 2 aromatic rings. The van der Waals surface area contributed by atoms with Gasteiger partial charge in [0.25, 0.3) is 0 Å². The number of benzene rings is 1. The van der Waals surface area contributed by atoms with E-state index in [9.17, 15) is 4.79 Å². The maximum absolute atomic E-state index is 11.7. The van der Waals surface area contributed by atoms with Crippen molar-refractivity contribution < 1.29 is 4.79 Å². The van der Waals surface area contributed by atoms with Crippen molar-refractivity contribution in [2.45, 2.75) is 12.8 Å². The first-order chi connectivity index (χ1) is 7.86. The number of carbonyl (C=O) groups excluding carboxylic acids is 1. The van der Waals surface area contributed by atoms with E-state index in [1.165, 1.54) is 0 Å². The first kappa shape index (κ1) is 10.5. The van der Waals surface area contributed by atoms with Gasteiger partial charge in [-0.1, -0.05) is 30.3 Å². The van der Waals surface area contributed by atoms with Crippen molar-refractivity contribution in [1.82, 2.24) is 9.97 Å². The summed E-state index contributed by atoms with van der Waals surface area (Å²) in [6, 6.07) is 11.6. The number of ketones is 1. The Morgan fingerprint density at radius 2 is 1.69 bits per heavy atom. The van der Waals surface area contributed by atoms with E-state index < -0.39 is 0 Å². The van der Waals surface area contributed by atoms with Gasteiger partial charge in [0.15, 0.2) is 11.6 Å². The minimum Gasteiger partial charge on any atom is -0.291 e. The van der Waals surface area contributed by atoms with Gasteiger partial charge in [-0.05, 0) is 18.1 Å². The average molecular weight is 212 g/mol. The molecule has 0 aliphatic carbocycles. The van der Waals surface area contributed by atoms with Gasteiger partial charge in [-0.2, -0.15) is 0 Å². The first-order valence-electron chi connectivity index (χ1n) is 5.20. The molecule has 1 aromatic heterocycles. The predicted molar refractivity (Wildman–Crippen MR) is 61.1 cm³/mol. The molecule has 0 spiro atoms. The Morgan fingerprint density at radius 3 is 2.38 bits per heavy atom. The maximum Gasteiger partial charge on any atom is 0.200 e. The van der Waals surface area contributed by atoms with Crippen LogP contribution in [0.25, 0.3) is 0 Å². The molecule has 0 radical (unpaired) electrons. The summed E-state index contributed by atoms with van der Waals surface area (Å²) in [5, 5.41) is 0. The zero-order valence-corrected chi connectivity index (χ0v) is 8.84. The third-order valence-corrected chi connectivity index (χ3v) is 2.30. The third-order valence-electron chi connectivity index (χ3n) is 2.30. The lowest BCUT2D eigenvalue weighted by atomic mass is 10.1. The molecule has 3 nitrogen and oxygen atoms in total. The van der Waals surface area contributed by atoms with Crippen molar-refractivity contribution >= 4 is 5.78 Å². The molecule has 3 heteroatoms. The number of aryl methyl sites for hydroxylation is 1. The van der Waals surface area contributed by atoms with E-state index in [0.717, 1.165) is 12.0 Å². The average Bonchev–Trinajstić information content (AvgIpc) is 2.38. The summed E-state index contributed by atoms with van der Waals surface area (Å²) in [5.74, 6) is 0.294. The number of Topliss-reactive ketones (excluding diaryl/α,β-unsaturated/α-hetero) is 1. The second-order valence-corrected chi connectivity index (χ2v) is 3.48. The monoisotopic (exact) mass is 212 g/mol. The second kappa shape index (κ2) is 5.16. The van der Waals surface area contributed by atoms with Crippen LogP contribution in [0.1, 0.15) is 22.6 Å². The van der Waals surface area contributed by atoms with Gasteiger partial charge in [-0.15, -0.1) is 0 Å². The lowest BCUT2D eigenvalue weighted by molar-refractivity contribution is 0.0972. The number of aromatic nitrogens is 2. The van der Waals surface area contributed by atoms with Gasteiger partial charge in [0.1, 0.15) is 0 Å². The number of carbonyl (C=O) groups is 1. The molecule has 0 aliphatic heterocycles. The van der Waals surface area contributed by atoms with E-state index in [1.807, 2.05) is 30.3 Å². The lowest BCUT2D eigenvalue weighted by Crippen LogP contribution is -2.05. The van der Waals surface area contributed by atoms with Gasteiger partial charge in [0, 0.05) is 18.8 Å². The summed E-state index contributed by atoms with van der Waals surface area (Å²) in [5.41, 5.74) is 1.16. The summed E-state index contributed by atoms with van der Waals surface area (Å²) in [7, 11) is 0. The molecule has 0 N–H and O–H groups in total. The Balaban J connectivity index is 1.95. The van der Waals surface area contributed by atoms with Gasteiger partial charge >= 0.3 is 0 Å². The number of hydrogen-bond acceptors (Lipinski definition) is 3. The number of rotatable bonds is 4. The van der Waals surface area contributed by atoms with Crippen molar-refractivity contribution in [2.24, 2.45) is 0 Å². The molecule has 1 aromatic carbocycles. The zero-order valence-electron chi connectivity index (χ0n) is 8.84. The smallest absolute Gasteiger partial charge is 0.200 e. The van der Waals surface area contributed by atoms with Crippen LogP contribution in [0, 0.1) is 0 Å². The second-order valence-electron chi connectivity index (χ2n) is 3.48. The van der Waals surface area contributed by atoms with Crippen LogP contribution >= 0.6 is 0 Å². The standard InChI is InChI=1S/C13H12N2O/c16-12(13-14-9-4-10-15-13)8-7-11-5-2-1-3-6-11/h1-6,9-10H,7-8H2. The Bertz CT molecular complexity index is 454. The molecule has 0 aliphatic rings. The quantitative estimate of drug-likeness (QED) is 0.730. The molecular weight excluding hydrogens is 200 g/mol. The van der Waals surface area contributed by atoms with Crippen molar-refractivity contribution in [3.63, 3.8) is 0 Å². The zero-order chi connectivity index (χ0) is 11.2. The fraction of sp³-hybridized carbons (Fsp3) is 0.154. The van der Waals surface area contributed by atoms with Crippen LogP contribution < -0.4 is 0 Å². The van der Waals surface area contributed by atoms with E-state index in [2.05, 4.69) is 9.97 Å². The molecule has 16 heavy (non-hydrogen) atoms. The van der Waals surface area contributed by atoms with Crippen LogP contribution in [0.5, 0.6) is 0 Å². The van der Waals surface area contributed by atoms with E-state index >= 15 is 0 Å². The molecule has 0 saturated carbocycles. The van der Waals surface area contributed by atoms with Gasteiger partial charge in [-0.3, -0.25) is 4.79 Å². The largest absolute Gasteiger partial charge is 0.291 e. The summed E-state index contributed by atoms with van der Waals surface area (Å²) in [6.45, 7) is 0. The topological polar surface area (TPSA) is 42.9 Å². The Kier molecular flexibility index (Phi) is 3.38. The van der Waals surface area contributed by atoms with Crippen LogP contribution in [0.15, 0.2) is 48.8 Å². The van der Waals surface area contributed by atoms with Crippen molar-refractivity contribution in [1.29, 1.82) is 0 Å². The van der Waals surface area contributed by atoms with Crippen molar-refractivity contribution in [3.05, 3.63) is 60.2 Å². The van der Waals surface area contributed by atoms with Crippen LogP contribution in [0.3, 0.4) is 0 Å². The van der Waals surface area contributed by atoms with Crippen LogP contribution in [0.2, 0.25) is 0 Å². The molecule has 0 atom stereocenters. The Hall–Kier alpha value is -2.03. The Labute approximate surface area is 94.2 Å². The predicted octanol–water partition coefficient (Wildman–Crippen LogP) is 2.29. The van der Waals surface area contributed by atoms with Crippen LogP contribution in [-0.2, 0) is 6.42 Å². The summed E-state index contributed by atoms with van der Waals surface area (Å²) in [4.78, 5) is 19.6. The minimum absolute atomic E-state index is 0.00977. The normalized spacial score (nSPS) is 10.0. The Morgan fingerprint density at radius 1 is 1.00 bits per heavy atom. The summed E-state index contributed by atoms with van der Waals surface area (Å²) in [6.07, 6.45) is 4.36. The summed E-state index contributed by atoms with van der Waals surface area (Å²) >= 11 is 0. The van der Waals surface area contributed by atoms with Crippen LogP contribution in [-0.4, -0.2) is 15.8 Å². The van der Waals surface area contributed by atoms with Gasteiger partial charge in [0.2, 0.25) is 0 Å². The number of hydrogen-bond donors (Lipinski definition) is 0. The van der Waals surface area contributed by atoms with Crippen molar-refractivity contribution in [2.75, 3.05) is 0 Å². The highest BCUT2D eigenvalue weighted by Crippen LogP contribution is 2.05.